The van der Waals surface area contributed by atoms with Gasteiger partial charge in [0.05, 0.1) is 18.2 Å². The zero-order valence-electron chi connectivity index (χ0n) is 10.6. The minimum Gasteiger partial charge on any atom is -0.500 e. The van der Waals surface area contributed by atoms with Crippen LogP contribution >= 0.6 is 11.8 Å². The van der Waals surface area contributed by atoms with E-state index in [1.54, 1.807) is 17.8 Å². The van der Waals surface area contributed by atoms with E-state index < -0.39 is 0 Å². The third-order valence-electron chi connectivity index (χ3n) is 2.80. The first-order valence-corrected chi connectivity index (χ1v) is 7.29. The van der Waals surface area contributed by atoms with Gasteiger partial charge in [-0.3, -0.25) is 4.79 Å². The molecule has 1 heterocycles. The maximum atomic E-state index is 11.9. The summed E-state index contributed by atoms with van der Waals surface area (Å²) in [4.78, 5) is 13.7. The Morgan fingerprint density at radius 3 is 3.00 bits per heavy atom. The molecule has 0 bridgehead atoms. The quantitative estimate of drug-likeness (QED) is 0.493. The van der Waals surface area contributed by atoms with Crippen molar-refractivity contribution in [1.29, 1.82) is 0 Å². The van der Waals surface area contributed by atoms with Gasteiger partial charge in [-0.05, 0) is 24.7 Å². The standard InChI is InChI=1S/C13H21NO2S/c1-4-6-7-11-10-12(15)14(13(11)17-3)8-9-16-5-2/h5,10,13H,2,4,6-9H2,1,3H3. The van der Waals surface area contributed by atoms with Crippen LogP contribution in [0.2, 0.25) is 0 Å². The van der Waals surface area contributed by atoms with E-state index in [9.17, 15) is 4.79 Å². The summed E-state index contributed by atoms with van der Waals surface area (Å²) in [5, 5.41) is 0.197. The molecule has 0 radical (unpaired) electrons. The van der Waals surface area contributed by atoms with E-state index in [0.29, 0.717) is 13.2 Å². The van der Waals surface area contributed by atoms with Crippen LogP contribution in [-0.4, -0.2) is 35.6 Å². The molecule has 0 aromatic rings. The Morgan fingerprint density at radius 2 is 2.41 bits per heavy atom. The predicted octanol–water partition coefficient (Wildman–Crippen LogP) is 2.79. The highest BCUT2D eigenvalue weighted by atomic mass is 32.2. The van der Waals surface area contributed by atoms with Crippen LogP contribution in [0.25, 0.3) is 0 Å². The maximum Gasteiger partial charge on any atom is 0.247 e. The van der Waals surface area contributed by atoms with E-state index >= 15 is 0 Å². The van der Waals surface area contributed by atoms with Crippen molar-refractivity contribution < 1.29 is 9.53 Å². The SMILES string of the molecule is C=COCCN1C(=O)C=C(CCCC)C1SC. The van der Waals surface area contributed by atoms with Crippen LogP contribution in [-0.2, 0) is 9.53 Å². The first-order chi connectivity index (χ1) is 8.24. The molecule has 1 aliphatic heterocycles. The lowest BCUT2D eigenvalue weighted by atomic mass is 10.1. The monoisotopic (exact) mass is 255 g/mol. The lowest BCUT2D eigenvalue weighted by molar-refractivity contribution is -0.125. The van der Waals surface area contributed by atoms with Crippen LogP contribution in [0, 0.1) is 0 Å². The summed E-state index contributed by atoms with van der Waals surface area (Å²) in [5.74, 6) is 0.114. The van der Waals surface area contributed by atoms with Crippen molar-refractivity contribution in [2.75, 3.05) is 19.4 Å². The molecular formula is C13H21NO2S. The molecule has 0 saturated carbocycles. The molecule has 0 spiro atoms. The van der Waals surface area contributed by atoms with Crippen molar-refractivity contribution in [3.05, 3.63) is 24.5 Å². The van der Waals surface area contributed by atoms with Crippen molar-refractivity contribution in [2.24, 2.45) is 0 Å². The smallest absolute Gasteiger partial charge is 0.247 e. The molecule has 0 saturated heterocycles. The number of carbonyl (C=O) groups excluding carboxylic acids is 1. The molecule has 1 rings (SSSR count). The molecule has 4 heteroatoms. The lowest BCUT2D eigenvalue weighted by Gasteiger charge is -2.25. The number of carbonyl (C=O) groups is 1. The maximum absolute atomic E-state index is 11.9. The van der Waals surface area contributed by atoms with Crippen molar-refractivity contribution in [3.8, 4) is 0 Å². The van der Waals surface area contributed by atoms with E-state index in [0.717, 1.165) is 19.3 Å². The van der Waals surface area contributed by atoms with Gasteiger partial charge in [0.1, 0.15) is 6.61 Å². The second kappa shape index (κ2) is 7.43. The molecule has 0 aromatic carbocycles. The molecule has 1 atom stereocenters. The average Bonchev–Trinajstić information content (AvgIpc) is 2.63. The van der Waals surface area contributed by atoms with Gasteiger partial charge in [0.2, 0.25) is 5.91 Å². The first kappa shape index (κ1) is 14.2. The molecule has 3 nitrogen and oxygen atoms in total. The summed E-state index contributed by atoms with van der Waals surface area (Å²) < 4.78 is 5.09. The number of amides is 1. The summed E-state index contributed by atoms with van der Waals surface area (Å²) in [6.07, 6.45) is 8.58. The number of ether oxygens (including phenoxy) is 1. The van der Waals surface area contributed by atoms with Crippen LogP contribution in [0.3, 0.4) is 0 Å². The molecule has 0 aliphatic carbocycles. The molecule has 0 N–H and O–H groups in total. The topological polar surface area (TPSA) is 29.5 Å². The molecular weight excluding hydrogens is 234 g/mol. The van der Waals surface area contributed by atoms with Crippen LogP contribution in [0.15, 0.2) is 24.5 Å². The Labute approximate surface area is 108 Å². The highest BCUT2D eigenvalue weighted by molar-refractivity contribution is 7.99. The normalized spacial score (nSPS) is 19.4. The minimum atomic E-state index is 0.114. The Balaban J connectivity index is 2.56. The molecule has 96 valence electrons. The molecule has 0 aromatic heterocycles. The number of thioether (sulfide) groups is 1. The van der Waals surface area contributed by atoms with E-state index in [-0.39, 0.29) is 11.3 Å². The highest BCUT2D eigenvalue weighted by Gasteiger charge is 2.31. The summed E-state index contributed by atoms with van der Waals surface area (Å²) >= 11 is 1.72. The highest BCUT2D eigenvalue weighted by Crippen LogP contribution is 2.30. The van der Waals surface area contributed by atoms with Gasteiger partial charge >= 0.3 is 0 Å². The molecule has 0 fully saturated rings. The van der Waals surface area contributed by atoms with Gasteiger partial charge in [-0.25, -0.2) is 0 Å². The van der Waals surface area contributed by atoms with E-state index in [2.05, 4.69) is 13.5 Å². The van der Waals surface area contributed by atoms with Gasteiger partial charge in [0.25, 0.3) is 0 Å². The van der Waals surface area contributed by atoms with Gasteiger partial charge in [-0.15, -0.1) is 11.8 Å². The average molecular weight is 255 g/mol. The third-order valence-corrected chi connectivity index (χ3v) is 3.81. The van der Waals surface area contributed by atoms with Crippen molar-refractivity contribution >= 4 is 17.7 Å². The Morgan fingerprint density at radius 1 is 1.65 bits per heavy atom. The number of hydrogen-bond acceptors (Lipinski definition) is 3. The van der Waals surface area contributed by atoms with Crippen LogP contribution in [0.4, 0.5) is 0 Å². The van der Waals surface area contributed by atoms with Crippen LogP contribution in [0.5, 0.6) is 0 Å². The van der Waals surface area contributed by atoms with Gasteiger partial charge in [-0.2, -0.15) is 0 Å². The molecule has 1 aliphatic rings. The summed E-state index contributed by atoms with van der Waals surface area (Å²) in [6, 6.07) is 0. The number of hydrogen-bond donors (Lipinski definition) is 0. The van der Waals surface area contributed by atoms with Crippen molar-refractivity contribution in [3.63, 3.8) is 0 Å². The lowest BCUT2D eigenvalue weighted by Crippen LogP contribution is -2.35. The molecule has 1 amide bonds. The first-order valence-electron chi connectivity index (χ1n) is 6.01. The fourth-order valence-corrected chi connectivity index (χ4v) is 2.90. The van der Waals surface area contributed by atoms with Crippen LogP contribution < -0.4 is 0 Å². The second-order valence-electron chi connectivity index (χ2n) is 3.98. The fraction of sp³-hybridized carbons (Fsp3) is 0.615. The fourth-order valence-electron chi connectivity index (χ4n) is 1.95. The van der Waals surface area contributed by atoms with Gasteiger partial charge < -0.3 is 9.64 Å². The molecule has 1 unspecified atom stereocenters. The van der Waals surface area contributed by atoms with Crippen LogP contribution in [0.1, 0.15) is 26.2 Å². The number of nitrogens with zero attached hydrogens (tertiary/aromatic N) is 1. The Kier molecular flexibility index (Phi) is 6.19. The predicted molar refractivity (Wildman–Crippen MR) is 72.8 cm³/mol. The van der Waals surface area contributed by atoms with Gasteiger partial charge in [0.15, 0.2) is 0 Å². The molecule has 17 heavy (non-hydrogen) atoms. The van der Waals surface area contributed by atoms with Gasteiger partial charge in [0, 0.05) is 6.08 Å². The summed E-state index contributed by atoms with van der Waals surface area (Å²) in [5.41, 5.74) is 1.25. The van der Waals surface area contributed by atoms with E-state index in [4.69, 9.17) is 4.74 Å². The van der Waals surface area contributed by atoms with E-state index in [1.165, 1.54) is 11.8 Å². The number of rotatable bonds is 8. The zero-order valence-corrected chi connectivity index (χ0v) is 11.5. The Bertz CT molecular complexity index is 302. The number of unbranched alkanes of at least 4 members (excludes halogenated alkanes) is 1. The summed E-state index contributed by atoms with van der Waals surface area (Å²) in [6.45, 7) is 6.80. The third kappa shape index (κ3) is 3.80. The van der Waals surface area contributed by atoms with E-state index in [1.807, 2.05) is 11.2 Å². The van der Waals surface area contributed by atoms with Crippen molar-refractivity contribution in [1.82, 2.24) is 4.90 Å². The zero-order chi connectivity index (χ0) is 12.7. The summed E-state index contributed by atoms with van der Waals surface area (Å²) in [7, 11) is 0. The van der Waals surface area contributed by atoms with Crippen molar-refractivity contribution in [2.45, 2.75) is 31.6 Å². The Hall–Kier alpha value is -0.900. The van der Waals surface area contributed by atoms with Gasteiger partial charge in [-0.1, -0.05) is 19.9 Å². The minimum absolute atomic E-state index is 0.114. The largest absolute Gasteiger partial charge is 0.500 e. The second-order valence-corrected chi connectivity index (χ2v) is 4.90.